The van der Waals surface area contributed by atoms with E-state index in [1.165, 1.54) is 24.7 Å². The van der Waals surface area contributed by atoms with Crippen molar-refractivity contribution in [3.8, 4) is 5.88 Å². The number of halogens is 1. The molecule has 1 fully saturated rings. The molecule has 1 aliphatic heterocycles. The van der Waals surface area contributed by atoms with Crippen molar-refractivity contribution in [2.45, 2.75) is 19.4 Å². The second-order valence-electron chi connectivity index (χ2n) is 6.51. The van der Waals surface area contributed by atoms with E-state index in [0.717, 1.165) is 24.2 Å². The number of hydrogen-bond acceptors (Lipinski definition) is 9. The molecule has 0 amide bonds. The van der Waals surface area contributed by atoms with Crippen molar-refractivity contribution in [2.75, 3.05) is 29.9 Å². The molecule has 3 heterocycles. The highest BCUT2D eigenvalue weighted by molar-refractivity contribution is 6.31. The number of non-ortho nitro benzene ring substituents is 1. The summed E-state index contributed by atoms with van der Waals surface area (Å²) >= 11 is 6.04. The molecule has 3 aromatic rings. The quantitative estimate of drug-likeness (QED) is 0.478. The van der Waals surface area contributed by atoms with E-state index >= 15 is 0 Å². The van der Waals surface area contributed by atoms with Crippen molar-refractivity contribution in [3.05, 3.63) is 45.9 Å². The van der Waals surface area contributed by atoms with Crippen molar-refractivity contribution >= 4 is 40.0 Å². The molecule has 0 radical (unpaired) electrons. The molecule has 1 N–H and O–H groups in total. The van der Waals surface area contributed by atoms with Gasteiger partial charge in [-0.15, -0.1) is 0 Å². The maximum absolute atomic E-state index is 11.0. The molecule has 150 valence electrons. The largest absolute Gasteiger partial charge is 0.477 e. The molecule has 0 unspecified atom stereocenters. The molecule has 4 rings (SSSR count). The summed E-state index contributed by atoms with van der Waals surface area (Å²) in [6, 6.07) is 4.73. The van der Waals surface area contributed by atoms with Gasteiger partial charge in [0.25, 0.3) is 5.69 Å². The molecule has 1 aromatic carbocycles. The fraction of sp³-hybridized carbons (Fsp3) is 0.333. The Morgan fingerprint density at radius 1 is 1.38 bits per heavy atom. The molecule has 11 heteroatoms. The zero-order valence-corrected chi connectivity index (χ0v) is 16.3. The number of rotatable bonds is 6. The van der Waals surface area contributed by atoms with E-state index in [2.05, 4.69) is 30.2 Å². The van der Waals surface area contributed by atoms with E-state index < -0.39 is 4.92 Å². The molecule has 1 saturated heterocycles. The maximum atomic E-state index is 11.0. The number of anilines is 2. The summed E-state index contributed by atoms with van der Waals surface area (Å²) in [5, 5.41) is 15.5. The monoisotopic (exact) mass is 415 g/mol. The van der Waals surface area contributed by atoms with Crippen LogP contribution >= 0.6 is 11.6 Å². The summed E-state index contributed by atoms with van der Waals surface area (Å²) in [5.41, 5.74) is 0.552. The number of nitrogens with one attached hydrogen (secondary N) is 1. The zero-order chi connectivity index (χ0) is 20.4. The lowest BCUT2D eigenvalue weighted by Gasteiger charge is -2.19. The molecule has 2 aromatic heterocycles. The van der Waals surface area contributed by atoms with Crippen molar-refractivity contribution in [1.82, 2.24) is 19.9 Å². The van der Waals surface area contributed by atoms with Crippen molar-refractivity contribution in [3.63, 3.8) is 0 Å². The number of ether oxygens (including phenoxy) is 1. The highest BCUT2D eigenvalue weighted by atomic mass is 35.5. The molecular weight excluding hydrogens is 398 g/mol. The fourth-order valence-electron chi connectivity index (χ4n) is 3.31. The molecule has 0 saturated carbocycles. The number of aromatic nitrogens is 4. The second-order valence-corrected chi connectivity index (χ2v) is 6.92. The minimum atomic E-state index is -0.431. The van der Waals surface area contributed by atoms with Crippen molar-refractivity contribution in [2.24, 2.45) is 0 Å². The third kappa shape index (κ3) is 3.97. The van der Waals surface area contributed by atoms with Gasteiger partial charge >= 0.3 is 0 Å². The Labute approximate surface area is 171 Å². The van der Waals surface area contributed by atoms with Gasteiger partial charge in [0.15, 0.2) is 0 Å². The third-order valence-electron chi connectivity index (χ3n) is 4.62. The van der Waals surface area contributed by atoms with Crippen LogP contribution in [0.3, 0.4) is 0 Å². The molecular formula is C18H18ClN7O3. The van der Waals surface area contributed by atoms with Gasteiger partial charge in [-0.1, -0.05) is 11.6 Å². The summed E-state index contributed by atoms with van der Waals surface area (Å²) in [6.07, 6.45) is 3.80. The first-order valence-electron chi connectivity index (χ1n) is 9.11. The summed E-state index contributed by atoms with van der Waals surface area (Å²) in [5.74, 6) is 1.55. The van der Waals surface area contributed by atoms with Crippen LogP contribution in [0.2, 0.25) is 5.02 Å². The maximum Gasteiger partial charge on any atom is 0.271 e. The zero-order valence-electron chi connectivity index (χ0n) is 15.6. The number of benzene rings is 1. The van der Waals surface area contributed by atoms with E-state index in [9.17, 15) is 10.1 Å². The summed E-state index contributed by atoms with van der Waals surface area (Å²) in [7, 11) is 0. The predicted octanol–water partition coefficient (Wildman–Crippen LogP) is 3.07. The Kier molecular flexibility index (Phi) is 5.26. The first-order valence-corrected chi connectivity index (χ1v) is 9.49. The lowest BCUT2D eigenvalue weighted by molar-refractivity contribution is -0.384. The molecule has 1 atom stereocenters. The number of nitro groups is 1. The molecule has 0 aliphatic carbocycles. The molecule has 1 aliphatic rings. The summed E-state index contributed by atoms with van der Waals surface area (Å²) < 4.78 is 5.41. The lowest BCUT2D eigenvalue weighted by Crippen LogP contribution is -2.27. The van der Waals surface area contributed by atoms with Crippen LogP contribution in [0, 0.1) is 10.1 Å². The average molecular weight is 416 g/mol. The van der Waals surface area contributed by atoms with Gasteiger partial charge in [0.2, 0.25) is 11.8 Å². The predicted molar refractivity (Wildman–Crippen MR) is 109 cm³/mol. The van der Waals surface area contributed by atoms with Crippen LogP contribution in [-0.4, -0.2) is 50.6 Å². The van der Waals surface area contributed by atoms with Crippen LogP contribution in [0.15, 0.2) is 30.7 Å². The highest BCUT2D eigenvalue weighted by Crippen LogP contribution is 2.29. The van der Waals surface area contributed by atoms with Crippen LogP contribution in [0.5, 0.6) is 5.88 Å². The van der Waals surface area contributed by atoms with E-state index in [0.29, 0.717) is 35.5 Å². The van der Waals surface area contributed by atoms with Gasteiger partial charge in [0.05, 0.1) is 23.2 Å². The van der Waals surface area contributed by atoms with Gasteiger partial charge in [-0.3, -0.25) is 10.1 Å². The molecule has 0 spiro atoms. The number of nitrogens with zero attached hydrogens (tertiary/aromatic N) is 6. The van der Waals surface area contributed by atoms with Crippen LogP contribution in [0.4, 0.5) is 17.5 Å². The lowest BCUT2D eigenvalue weighted by atomic mass is 10.2. The molecule has 0 bridgehead atoms. The first-order chi connectivity index (χ1) is 14.0. The Bertz CT molecular complexity index is 1060. The number of fused-ring (bicyclic) bond motifs is 1. The molecule has 29 heavy (non-hydrogen) atoms. The summed E-state index contributed by atoms with van der Waals surface area (Å²) in [4.78, 5) is 29.8. The van der Waals surface area contributed by atoms with Gasteiger partial charge in [-0.05, 0) is 19.4 Å². The minimum absolute atomic E-state index is 0.00750. The number of hydrogen-bond donors (Lipinski definition) is 1. The molecule has 10 nitrogen and oxygen atoms in total. The van der Waals surface area contributed by atoms with Gasteiger partial charge in [-0.25, -0.2) is 15.0 Å². The minimum Gasteiger partial charge on any atom is -0.477 e. The van der Waals surface area contributed by atoms with E-state index in [4.69, 9.17) is 16.3 Å². The normalized spacial score (nSPS) is 16.2. The average Bonchev–Trinajstić information content (AvgIpc) is 3.18. The Morgan fingerprint density at radius 3 is 3.03 bits per heavy atom. The number of nitro benzene ring substituents is 1. The van der Waals surface area contributed by atoms with Crippen LogP contribution in [0.25, 0.3) is 10.9 Å². The SMILES string of the molecule is CCOc1nc(N[C@@H]2CCN(c3ncnc4cc([N+](=O)[O-])ccc34)C2)ncc1Cl. The Morgan fingerprint density at radius 2 is 2.24 bits per heavy atom. The Balaban J connectivity index is 1.51. The standard InChI is InChI=1S/C18H18ClN7O3/c1-2-29-17-14(19)8-20-18(24-17)23-11-5-6-25(9-11)16-13-4-3-12(26(27)28)7-15(13)21-10-22-16/h3-4,7-8,10-11H,2,5-6,9H2,1H3,(H,20,23,24)/t11-/m1/s1. The smallest absolute Gasteiger partial charge is 0.271 e. The van der Waals surface area contributed by atoms with Gasteiger partial charge < -0.3 is 15.0 Å². The van der Waals surface area contributed by atoms with Crippen LogP contribution in [0.1, 0.15) is 13.3 Å². The topological polar surface area (TPSA) is 119 Å². The van der Waals surface area contributed by atoms with Crippen LogP contribution < -0.4 is 15.0 Å². The summed E-state index contributed by atoms with van der Waals surface area (Å²) in [6.45, 7) is 3.78. The fourth-order valence-corrected chi connectivity index (χ4v) is 3.45. The van der Waals surface area contributed by atoms with Gasteiger partial charge in [0, 0.05) is 36.7 Å². The van der Waals surface area contributed by atoms with Gasteiger partial charge in [0.1, 0.15) is 17.2 Å². The Hall–Kier alpha value is -3.27. The van der Waals surface area contributed by atoms with E-state index in [1.54, 1.807) is 6.07 Å². The van der Waals surface area contributed by atoms with Crippen LogP contribution in [-0.2, 0) is 0 Å². The highest BCUT2D eigenvalue weighted by Gasteiger charge is 2.26. The van der Waals surface area contributed by atoms with Crippen molar-refractivity contribution < 1.29 is 9.66 Å². The first kappa shape index (κ1) is 19.1. The van der Waals surface area contributed by atoms with Crippen molar-refractivity contribution in [1.29, 1.82) is 0 Å². The third-order valence-corrected chi connectivity index (χ3v) is 4.88. The second kappa shape index (κ2) is 8.00. The van der Waals surface area contributed by atoms with E-state index in [1.807, 2.05) is 6.92 Å². The van der Waals surface area contributed by atoms with Gasteiger partial charge in [-0.2, -0.15) is 4.98 Å². The van der Waals surface area contributed by atoms with E-state index in [-0.39, 0.29) is 11.7 Å².